The normalized spacial score (nSPS) is 24.3. The first-order valence-electron chi connectivity index (χ1n) is 8.69. The maximum absolute atomic E-state index is 6.31. The van der Waals surface area contributed by atoms with E-state index >= 15 is 0 Å². The predicted molar refractivity (Wildman–Crippen MR) is 90.2 cm³/mol. The van der Waals surface area contributed by atoms with E-state index in [9.17, 15) is 0 Å². The van der Waals surface area contributed by atoms with E-state index in [-0.39, 0.29) is 0 Å². The van der Waals surface area contributed by atoms with Crippen LogP contribution < -0.4 is 5.73 Å². The van der Waals surface area contributed by atoms with Gasteiger partial charge in [0.25, 0.3) is 0 Å². The molecule has 1 saturated heterocycles. The Morgan fingerprint density at radius 3 is 2.78 bits per heavy atom. The molecule has 5 nitrogen and oxygen atoms in total. The van der Waals surface area contributed by atoms with Crippen molar-refractivity contribution in [1.29, 1.82) is 0 Å². The molecule has 122 valence electrons. The van der Waals surface area contributed by atoms with E-state index in [0.29, 0.717) is 11.6 Å². The van der Waals surface area contributed by atoms with E-state index in [1.54, 1.807) is 12.5 Å². The lowest BCUT2D eigenvalue weighted by atomic mass is 9.79. The van der Waals surface area contributed by atoms with Crippen LogP contribution in [0.15, 0.2) is 37.1 Å². The average Bonchev–Trinajstić information content (AvgIpc) is 3.18. The number of aromatic nitrogens is 3. The van der Waals surface area contributed by atoms with Crippen molar-refractivity contribution in [1.82, 2.24) is 19.4 Å². The van der Waals surface area contributed by atoms with Gasteiger partial charge in [-0.2, -0.15) is 0 Å². The number of nitrogens with two attached hydrogens (primary N) is 1. The summed E-state index contributed by atoms with van der Waals surface area (Å²) in [5, 5.41) is 0. The van der Waals surface area contributed by atoms with Gasteiger partial charge in [-0.05, 0) is 30.9 Å². The van der Waals surface area contributed by atoms with E-state index in [4.69, 9.17) is 5.73 Å². The van der Waals surface area contributed by atoms with Crippen molar-refractivity contribution >= 4 is 0 Å². The summed E-state index contributed by atoms with van der Waals surface area (Å²) in [5.41, 5.74) is 7.92. The Morgan fingerprint density at radius 1 is 1.22 bits per heavy atom. The number of imidazole rings is 1. The lowest BCUT2D eigenvalue weighted by Gasteiger charge is -2.41. The van der Waals surface area contributed by atoms with E-state index in [0.717, 1.165) is 25.3 Å². The third-order valence-electron chi connectivity index (χ3n) is 5.50. The van der Waals surface area contributed by atoms with Crippen LogP contribution in [0.5, 0.6) is 0 Å². The van der Waals surface area contributed by atoms with Crippen LogP contribution in [0.4, 0.5) is 0 Å². The second kappa shape index (κ2) is 6.06. The van der Waals surface area contributed by atoms with Gasteiger partial charge in [-0.3, -0.25) is 9.47 Å². The SMILES string of the molecule is NC1CN(Cc2ccc(-n3ccnc3)nc2)C2(CCCCC2)C1. The Morgan fingerprint density at radius 2 is 2.09 bits per heavy atom. The van der Waals surface area contributed by atoms with Gasteiger partial charge in [-0.1, -0.05) is 25.3 Å². The van der Waals surface area contributed by atoms with Crippen LogP contribution in [0.3, 0.4) is 0 Å². The van der Waals surface area contributed by atoms with Crippen LogP contribution in [0, 0.1) is 0 Å². The lowest BCUT2D eigenvalue weighted by Crippen LogP contribution is -2.44. The van der Waals surface area contributed by atoms with Gasteiger partial charge in [-0.15, -0.1) is 0 Å². The van der Waals surface area contributed by atoms with E-state index in [1.165, 1.54) is 37.7 Å². The molecule has 0 radical (unpaired) electrons. The average molecular weight is 311 g/mol. The third-order valence-corrected chi connectivity index (χ3v) is 5.50. The molecule has 1 aliphatic heterocycles. The molecule has 1 saturated carbocycles. The summed E-state index contributed by atoms with van der Waals surface area (Å²) in [4.78, 5) is 11.3. The van der Waals surface area contributed by atoms with Crippen molar-refractivity contribution in [2.24, 2.45) is 5.73 Å². The summed E-state index contributed by atoms with van der Waals surface area (Å²) in [6.07, 6.45) is 15.3. The molecule has 1 spiro atoms. The molecule has 3 heterocycles. The van der Waals surface area contributed by atoms with Crippen molar-refractivity contribution < 1.29 is 0 Å². The van der Waals surface area contributed by atoms with Crippen molar-refractivity contribution in [2.45, 2.75) is 56.7 Å². The molecule has 2 N–H and O–H groups in total. The van der Waals surface area contributed by atoms with Gasteiger partial charge in [0.15, 0.2) is 0 Å². The van der Waals surface area contributed by atoms with E-state index in [2.05, 4.69) is 27.0 Å². The van der Waals surface area contributed by atoms with Crippen molar-refractivity contribution in [2.75, 3.05) is 6.54 Å². The zero-order valence-corrected chi connectivity index (χ0v) is 13.6. The molecule has 2 aromatic rings. The van der Waals surface area contributed by atoms with Crippen molar-refractivity contribution in [3.63, 3.8) is 0 Å². The quantitative estimate of drug-likeness (QED) is 0.946. The van der Waals surface area contributed by atoms with Gasteiger partial charge in [0.05, 0.1) is 0 Å². The highest BCUT2D eigenvalue weighted by atomic mass is 15.2. The van der Waals surface area contributed by atoms with Crippen LogP contribution in [-0.2, 0) is 6.54 Å². The van der Waals surface area contributed by atoms with Crippen LogP contribution in [0.25, 0.3) is 5.82 Å². The largest absolute Gasteiger partial charge is 0.326 e. The first kappa shape index (κ1) is 14.8. The second-order valence-electron chi connectivity index (χ2n) is 7.12. The Kier molecular flexibility index (Phi) is 3.91. The van der Waals surface area contributed by atoms with Gasteiger partial charge < -0.3 is 5.73 Å². The van der Waals surface area contributed by atoms with Crippen LogP contribution in [0.2, 0.25) is 0 Å². The number of hydrogen-bond acceptors (Lipinski definition) is 4. The predicted octanol–water partition coefficient (Wildman–Crippen LogP) is 2.50. The minimum Gasteiger partial charge on any atom is -0.326 e. The minimum atomic E-state index is 0.325. The Labute approximate surface area is 137 Å². The molecule has 0 aromatic carbocycles. The lowest BCUT2D eigenvalue weighted by molar-refractivity contribution is 0.0858. The Bertz CT molecular complexity index is 628. The molecule has 1 atom stereocenters. The summed E-state index contributed by atoms with van der Waals surface area (Å²) in [6.45, 7) is 1.98. The molecule has 23 heavy (non-hydrogen) atoms. The molecule has 5 heteroatoms. The summed E-state index contributed by atoms with van der Waals surface area (Å²) in [7, 11) is 0. The number of hydrogen-bond donors (Lipinski definition) is 1. The Hall–Kier alpha value is -1.72. The molecule has 0 bridgehead atoms. The summed E-state index contributed by atoms with van der Waals surface area (Å²) in [5.74, 6) is 0.914. The number of rotatable bonds is 3. The fourth-order valence-electron chi connectivity index (χ4n) is 4.40. The van der Waals surface area contributed by atoms with Gasteiger partial charge in [0, 0.05) is 43.3 Å². The fourth-order valence-corrected chi connectivity index (χ4v) is 4.40. The van der Waals surface area contributed by atoms with Gasteiger partial charge in [0.2, 0.25) is 0 Å². The highest BCUT2D eigenvalue weighted by Gasteiger charge is 2.44. The van der Waals surface area contributed by atoms with E-state index < -0.39 is 0 Å². The van der Waals surface area contributed by atoms with Crippen LogP contribution >= 0.6 is 0 Å². The molecule has 0 amide bonds. The maximum atomic E-state index is 6.31. The molecular formula is C18H25N5. The van der Waals surface area contributed by atoms with Crippen molar-refractivity contribution in [3.05, 3.63) is 42.6 Å². The van der Waals surface area contributed by atoms with E-state index in [1.807, 2.05) is 17.0 Å². The fraction of sp³-hybridized carbons (Fsp3) is 0.556. The maximum Gasteiger partial charge on any atom is 0.137 e. The molecule has 2 aromatic heterocycles. The smallest absolute Gasteiger partial charge is 0.137 e. The minimum absolute atomic E-state index is 0.325. The molecule has 1 unspecified atom stereocenters. The van der Waals surface area contributed by atoms with Crippen LogP contribution in [-0.4, -0.2) is 37.6 Å². The summed E-state index contributed by atoms with van der Waals surface area (Å²) in [6, 6.07) is 4.58. The topological polar surface area (TPSA) is 60.0 Å². The first-order chi connectivity index (χ1) is 11.3. The Balaban J connectivity index is 1.50. The van der Waals surface area contributed by atoms with Gasteiger partial charge in [-0.25, -0.2) is 9.97 Å². The summed E-state index contributed by atoms with van der Waals surface area (Å²) >= 11 is 0. The van der Waals surface area contributed by atoms with Crippen molar-refractivity contribution in [3.8, 4) is 5.82 Å². The molecule has 2 aliphatic rings. The summed E-state index contributed by atoms with van der Waals surface area (Å²) < 4.78 is 1.93. The second-order valence-corrected chi connectivity index (χ2v) is 7.12. The van der Waals surface area contributed by atoms with Gasteiger partial charge in [0.1, 0.15) is 12.1 Å². The zero-order valence-electron chi connectivity index (χ0n) is 13.6. The molecule has 2 fully saturated rings. The van der Waals surface area contributed by atoms with Gasteiger partial charge >= 0.3 is 0 Å². The first-order valence-corrected chi connectivity index (χ1v) is 8.69. The highest BCUT2D eigenvalue weighted by molar-refractivity contribution is 5.25. The molecule has 1 aliphatic carbocycles. The standard InChI is InChI=1S/C18H25N5/c19-16-10-18(6-2-1-3-7-18)23(13-16)12-15-4-5-17(21-11-15)22-9-8-20-14-22/h4-5,8-9,11,14,16H,1-3,6-7,10,12-13,19H2. The molecular weight excluding hydrogens is 286 g/mol. The number of likely N-dealkylation sites (tertiary alicyclic amines) is 1. The highest BCUT2D eigenvalue weighted by Crippen LogP contribution is 2.41. The third kappa shape index (κ3) is 2.91. The number of pyridine rings is 1. The monoisotopic (exact) mass is 311 g/mol. The molecule has 4 rings (SSSR count). The number of nitrogens with zero attached hydrogens (tertiary/aromatic N) is 4. The van der Waals surface area contributed by atoms with Crippen LogP contribution in [0.1, 0.15) is 44.1 Å². The zero-order chi connectivity index (χ0) is 15.7.